The van der Waals surface area contributed by atoms with Gasteiger partial charge in [0.15, 0.2) is 5.58 Å². The van der Waals surface area contributed by atoms with Crippen molar-refractivity contribution in [1.29, 1.82) is 0 Å². The van der Waals surface area contributed by atoms with Crippen LogP contribution in [0.15, 0.2) is 22.6 Å². The Hall–Kier alpha value is -1.56. The monoisotopic (exact) mass is 298 g/mol. The molecule has 0 bridgehead atoms. The summed E-state index contributed by atoms with van der Waals surface area (Å²) in [5.74, 6) is 0.548. The maximum atomic E-state index is 12.8. The molecule has 1 aliphatic heterocycles. The Morgan fingerprint density at radius 3 is 2.81 bits per heavy atom. The highest BCUT2D eigenvalue weighted by atomic mass is 19.4. The van der Waals surface area contributed by atoms with Crippen LogP contribution in [-0.2, 0) is 11.6 Å². The van der Waals surface area contributed by atoms with E-state index < -0.39 is 11.7 Å². The zero-order valence-electron chi connectivity index (χ0n) is 11.8. The van der Waals surface area contributed by atoms with Gasteiger partial charge in [0.2, 0.25) is 5.89 Å². The molecular formula is C15H17F3N2O. The molecule has 1 aromatic heterocycles. The molecule has 1 unspecified atom stereocenters. The van der Waals surface area contributed by atoms with E-state index in [1.807, 2.05) is 0 Å². The molecule has 3 rings (SSSR count). The van der Waals surface area contributed by atoms with E-state index in [-0.39, 0.29) is 10.9 Å². The van der Waals surface area contributed by atoms with Crippen molar-refractivity contribution in [3.63, 3.8) is 0 Å². The third-order valence-electron chi connectivity index (χ3n) is 4.32. The second kappa shape index (κ2) is 5.02. The average molecular weight is 298 g/mol. The molecule has 1 fully saturated rings. The molecule has 0 aliphatic carbocycles. The minimum atomic E-state index is -4.36. The minimum Gasteiger partial charge on any atom is -0.440 e. The van der Waals surface area contributed by atoms with E-state index in [2.05, 4.69) is 17.2 Å². The lowest BCUT2D eigenvalue weighted by atomic mass is 9.78. The lowest BCUT2D eigenvalue weighted by molar-refractivity contribution is -0.137. The number of piperidine rings is 1. The van der Waals surface area contributed by atoms with Gasteiger partial charge in [-0.25, -0.2) is 4.98 Å². The summed E-state index contributed by atoms with van der Waals surface area (Å²) in [7, 11) is 0. The molecule has 0 saturated carbocycles. The fourth-order valence-electron chi connectivity index (χ4n) is 2.93. The van der Waals surface area contributed by atoms with Crippen molar-refractivity contribution in [3.05, 3.63) is 29.7 Å². The summed E-state index contributed by atoms with van der Waals surface area (Å²) in [6.07, 6.45) is -1.56. The number of hydrogen-bond donors (Lipinski definition) is 1. The van der Waals surface area contributed by atoms with Gasteiger partial charge in [-0.15, -0.1) is 0 Å². The highest BCUT2D eigenvalue weighted by Crippen LogP contribution is 2.37. The van der Waals surface area contributed by atoms with E-state index in [4.69, 9.17) is 4.42 Å². The van der Waals surface area contributed by atoms with Gasteiger partial charge in [-0.2, -0.15) is 13.2 Å². The second-order valence-electron chi connectivity index (χ2n) is 5.61. The normalized spacial score (nSPS) is 23.6. The number of benzene rings is 1. The Kier molecular flexibility index (Phi) is 3.43. The Morgan fingerprint density at radius 2 is 2.19 bits per heavy atom. The third-order valence-corrected chi connectivity index (χ3v) is 4.32. The molecular weight excluding hydrogens is 281 g/mol. The maximum Gasteiger partial charge on any atom is 0.416 e. The van der Waals surface area contributed by atoms with Crippen molar-refractivity contribution in [2.45, 2.75) is 37.8 Å². The van der Waals surface area contributed by atoms with Gasteiger partial charge >= 0.3 is 6.18 Å². The Bertz CT molecular complexity index is 642. The minimum absolute atomic E-state index is 0.213. The number of rotatable bonds is 2. The van der Waals surface area contributed by atoms with Crippen LogP contribution in [0, 0.1) is 0 Å². The van der Waals surface area contributed by atoms with Gasteiger partial charge in [-0.05, 0) is 44.0 Å². The van der Waals surface area contributed by atoms with Crippen molar-refractivity contribution >= 4 is 11.1 Å². The summed E-state index contributed by atoms with van der Waals surface area (Å²) < 4.78 is 44.0. The van der Waals surface area contributed by atoms with E-state index in [0.29, 0.717) is 11.5 Å². The van der Waals surface area contributed by atoms with E-state index in [1.165, 1.54) is 6.07 Å². The molecule has 3 nitrogen and oxygen atoms in total. The summed E-state index contributed by atoms with van der Waals surface area (Å²) in [5, 5.41) is 3.33. The molecule has 0 radical (unpaired) electrons. The number of aromatic nitrogens is 1. The Morgan fingerprint density at radius 1 is 1.38 bits per heavy atom. The van der Waals surface area contributed by atoms with Crippen LogP contribution in [0.2, 0.25) is 0 Å². The summed E-state index contributed by atoms with van der Waals surface area (Å²) in [5.41, 5.74) is -0.216. The van der Waals surface area contributed by atoms with Crippen LogP contribution in [0.4, 0.5) is 13.2 Å². The third kappa shape index (κ3) is 2.52. The zero-order valence-corrected chi connectivity index (χ0v) is 11.8. The van der Waals surface area contributed by atoms with Crippen molar-refractivity contribution < 1.29 is 17.6 Å². The van der Waals surface area contributed by atoms with Crippen molar-refractivity contribution in [2.75, 3.05) is 13.1 Å². The first-order chi connectivity index (χ1) is 9.94. The largest absolute Gasteiger partial charge is 0.440 e. The lowest BCUT2D eigenvalue weighted by Gasteiger charge is -2.33. The van der Waals surface area contributed by atoms with Crippen molar-refractivity contribution in [3.8, 4) is 0 Å². The standard InChI is InChI=1S/C15H17F3N2O/c1-2-14(6-3-7-19-9-14)13-20-11-8-10(15(16,17)18)4-5-12(11)21-13/h4-5,8,19H,2-3,6-7,9H2,1H3. The van der Waals surface area contributed by atoms with Crippen LogP contribution in [0.1, 0.15) is 37.6 Å². The Labute approximate surface area is 120 Å². The first-order valence-corrected chi connectivity index (χ1v) is 7.14. The van der Waals surface area contributed by atoms with E-state index >= 15 is 0 Å². The van der Waals surface area contributed by atoms with Crippen molar-refractivity contribution in [2.24, 2.45) is 0 Å². The fourth-order valence-corrected chi connectivity index (χ4v) is 2.93. The zero-order chi connectivity index (χ0) is 15.1. The first-order valence-electron chi connectivity index (χ1n) is 7.14. The Balaban J connectivity index is 2.04. The van der Waals surface area contributed by atoms with Gasteiger partial charge < -0.3 is 9.73 Å². The van der Waals surface area contributed by atoms with Crippen molar-refractivity contribution in [1.82, 2.24) is 10.3 Å². The SMILES string of the molecule is CCC1(c2nc3cc(C(F)(F)F)ccc3o2)CCCNC1. The van der Waals surface area contributed by atoms with Gasteiger partial charge in [-0.1, -0.05) is 6.92 Å². The van der Waals surface area contributed by atoms with Gasteiger partial charge in [0.05, 0.1) is 11.0 Å². The first kappa shape index (κ1) is 14.4. The number of hydrogen-bond acceptors (Lipinski definition) is 3. The predicted molar refractivity (Wildman–Crippen MR) is 73.1 cm³/mol. The quantitative estimate of drug-likeness (QED) is 0.914. The smallest absolute Gasteiger partial charge is 0.416 e. The van der Waals surface area contributed by atoms with Crippen LogP contribution in [0.3, 0.4) is 0 Å². The summed E-state index contributed by atoms with van der Waals surface area (Å²) >= 11 is 0. The number of oxazole rings is 1. The van der Waals surface area contributed by atoms with Gasteiger partial charge in [-0.3, -0.25) is 0 Å². The lowest BCUT2D eigenvalue weighted by Crippen LogP contribution is -2.43. The molecule has 1 N–H and O–H groups in total. The molecule has 2 heterocycles. The molecule has 1 aliphatic rings. The number of halogens is 3. The summed E-state index contributed by atoms with van der Waals surface area (Å²) in [6, 6.07) is 3.45. The van der Waals surface area contributed by atoms with Crippen LogP contribution in [0.5, 0.6) is 0 Å². The fraction of sp³-hybridized carbons (Fsp3) is 0.533. The highest BCUT2D eigenvalue weighted by molar-refractivity contribution is 5.73. The molecule has 6 heteroatoms. The molecule has 0 amide bonds. The maximum absolute atomic E-state index is 12.8. The highest BCUT2D eigenvalue weighted by Gasteiger charge is 2.37. The molecule has 114 valence electrons. The van der Waals surface area contributed by atoms with E-state index in [0.717, 1.165) is 44.5 Å². The molecule has 0 spiro atoms. The van der Waals surface area contributed by atoms with Crippen LogP contribution in [0.25, 0.3) is 11.1 Å². The van der Waals surface area contributed by atoms with Crippen LogP contribution >= 0.6 is 0 Å². The van der Waals surface area contributed by atoms with E-state index in [1.54, 1.807) is 0 Å². The second-order valence-corrected chi connectivity index (χ2v) is 5.61. The number of alkyl halides is 3. The molecule has 2 aromatic rings. The van der Waals surface area contributed by atoms with E-state index in [9.17, 15) is 13.2 Å². The number of nitrogens with one attached hydrogen (secondary N) is 1. The number of nitrogens with zero attached hydrogens (tertiary/aromatic N) is 1. The molecule has 21 heavy (non-hydrogen) atoms. The van der Waals surface area contributed by atoms with Crippen LogP contribution < -0.4 is 5.32 Å². The number of fused-ring (bicyclic) bond motifs is 1. The average Bonchev–Trinajstić information content (AvgIpc) is 2.90. The van der Waals surface area contributed by atoms with Crippen LogP contribution in [-0.4, -0.2) is 18.1 Å². The summed E-state index contributed by atoms with van der Waals surface area (Å²) in [6.45, 7) is 3.77. The van der Waals surface area contributed by atoms with Gasteiger partial charge in [0, 0.05) is 6.54 Å². The molecule has 1 aromatic carbocycles. The molecule has 1 atom stereocenters. The summed E-state index contributed by atoms with van der Waals surface area (Å²) in [4.78, 5) is 4.35. The topological polar surface area (TPSA) is 38.1 Å². The van der Waals surface area contributed by atoms with Gasteiger partial charge in [0.1, 0.15) is 5.52 Å². The predicted octanol–water partition coefficient (Wildman–Crippen LogP) is 3.88. The molecule has 1 saturated heterocycles. The van der Waals surface area contributed by atoms with Gasteiger partial charge in [0.25, 0.3) is 0 Å².